The number of rotatable bonds is 5. The van der Waals surface area contributed by atoms with Gasteiger partial charge in [-0.25, -0.2) is 8.42 Å². The molecule has 0 bridgehead atoms. The molecule has 10 heteroatoms. The van der Waals surface area contributed by atoms with Crippen molar-refractivity contribution in [2.24, 2.45) is 5.92 Å². The van der Waals surface area contributed by atoms with Crippen molar-refractivity contribution in [3.05, 3.63) is 59.9 Å². The van der Waals surface area contributed by atoms with Crippen LogP contribution in [0.15, 0.2) is 53.7 Å². The van der Waals surface area contributed by atoms with E-state index in [1.165, 1.54) is 6.07 Å². The number of benzene rings is 1. The number of pyridine rings is 1. The van der Waals surface area contributed by atoms with E-state index in [1.54, 1.807) is 18.5 Å². The van der Waals surface area contributed by atoms with Gasteiger partial charge in [-0.15, -0.1) is 0 Å². The van der Waals surface area contributed by atoms with Crippen LogP contribution >= 0.6 is 0 Å². The van der Waals surface area contributed by atoms with Gasteiger partial charge in [0.25, 0.3) is 0 Å². The molecule has 1 saturated heterocycles. The highest BCUT2D eigenvalue weighted by atomic mass is 32.2. The van der Waals surface area contributed by atoms with Crippen LogP contribution in [0.3, 0.4) is 0 Å². The molecule has 1 aliphatic heterocycles. The molecule has 0 saturated carbocycles. The zero-order valence-electron chi connectivity index (χ0n) is 15.4. The number of aromatic nitrogens is 1. The number of piperidine rings is 1. The molecule has 1 fully saturated rings. The fourth-order valence-corrected chi connectivity index (χ4v) is 4.94. The molecule has 1 aromatic heterocycles. The summed E-state index contributed by atoms with van der Waals surface area (Å²) in [5.41, 5.74) is -0.346. The van der Waals surface area contributed by atoms with Crippen LogP contribution in [-0.4, -0.2) is 36.7 Å². The van der Waals surface area contributed by atoms with Crippen LogP contribution in [0, 0.1) is 5.92 Å². The first-order valence-electron chi connectivity index (χ1n) is 9.02. The van der Waals surface area contributed by atoms with Crippen LogP contribution in [0.2, 0.25) is 0 Å². The number of halogens is 3. The van der Waals surface area contributed by atoms with Crippen molar-refractivity contribution in [3.63, 3.8) is 0 Å². The predicted octanol–water partition coefficient (Wildman–Crippen LogP) is 2.82. The van der Waals surface area contributed by atoms with Gasteiger partial charge in [0.1, 0.15) is 0 Å². The molecular formula is C19H20F3N3O3S. The summed E-state index contributed by atoms with van der Waals surface area (Å²) in [5, 5.41) is 2.79. The summed E-state index contributed by atoms with van der Waals surface area (Å²) >= 11 is 0. The number of sulfonamides is 1. The molecule has 0 atom stereocenters. The molecular weight excluding hydrogens is 407 g/mol. The van der Waals surface area contributed by atoms with E-state index < -0.39 is 32.6 Å². The summed E-state index contributed by atoms with van der Waals surface area (Å²) in [4.78, 5) is 15.5. The molecule has 2 heterocycles. The molecule has 1 amide bonds. The molecule has 1 aromatic carbocycles. The summed E-state index contributed by atoms with van der Waals surface area (Å²) < 4.78 is 66.1. The Hall–Kier alpha value is -2.46. The SMILES string of the molecule is O=C(NCc1cccnc1)C1CCN(S(=O)(=O)c2ccccc2C(F)(F)F)CC1. The molecule has 0 radical (unpaired) electrons. The van der Waals surface area contributed by atoms with E-state index in [-0.39, 0.29) is 31.8 Å². The van der Waals surface area contributed by atoms with Gasteiger partial charge in [-0.05, 0) is 36.6 Å². The largest absolute Gasteiger partial charge is 0.417 e. The number of carbonyl (C=O) groups excluding carboxylic acids is 1. The number of alkyl halides is 3. The maximum Gasteiger partial charge on any atom is 0.417 e. The third-order valence-corrected chi connectivity index (χ3v) is 6.78. The first-order chi connectivity index (χ1) is 13.7. The van der Waals surface area contributed by atoms with E-state index >= 15 is 0 Å². The lowest BCUT2D eigenvalue weighted by Gasteiger charge is -2.31. The van der Waals surface area contributed by atoms with Gasteiger partial charge in [0.15, 0.2) is 0 Å². The molecule has 0 spiro atoms. The van der Waals surface area contributed by atoms with Gasteiger partial charge in [-0.2, -0.15) is 17.5 Å². The first kappa shape index (κ1) is 21.3. The Morgan fingerprint density at radius 1 is 1.14 bits per heavy atom. The normalized spacial score (nSPS) is 16.5. The van der Waals surface area contributed by atoms with Crippen molar-refractivity contribution in [1.29, 1.82) is 0 Å². The Balaban J connectivity index is 1.64. The second kappa shape index (κ2) is 8.50. The Morgan fingerprint density at radius 3 is 2.45 bits per heavy atom. The Morgan fingerprint density at radius 2 is 1.83 bits per heavy atom. The number of nitrogens with zero attached hydrogens (tertiary/aromatic N) is 2. The van der Waals surface area contributed by atoms with Gasteiger partial charge >= 0.3 is 6.18 Å². The zero-order chi connectivity index (χ0) is 21.1. The Kier molecular flexibility index (Phi) is 6.23. The average molecular weight is 427 g/mol. The monoisotopic (exact) mass is 427 g/mol. The second-order valence-corrected chi connectivity index (χ2v) is 8.66. The van der Waals surface area contributed by atoms with E-state index in [9.17, 15) is 26.4 Å². The molecule has 0 aliphatic carbocycles. The molecule has 0 unspecified atom stereocenters. The minimum atomic E-state index is -4.77. The molecule has 1 N–H and O–H groups in total. The zero-order valence-corrected chi connectivity index (χ0v) is 16.2. The third kappa shape index (κ3) is 4.94. The van der Waals surface area contributed by atoms with Crippen LogP contribution in [0.4, 0.5) is 13.2 Å². The van der Waals surface area contributed by atoms with Gasteiger partial charge in [0.05, 0.1) is 10.5 Å². The first-order valence-corrected chi connectivity index (χ1v) is 10.5. The summed E-state index contributed by atoms with van der Waals surface area (Å²) in [6.07, 6.45) is -1.03. The van der Waals surface area contributed by atoms with Crippen LogP contribution in [0.5, 0.6) is 0 Å². The Labute approximate surface area is 166 Å². The molecule has 3 rings (SSSR count). The highest BCUT2D eigenvalue weighted by Gasteiger charge is 2.40. The van der Waals surface area contributed by atoms with Gasteiger partial charge in [0.2, 0.25) is 15.9 Å². The number of hydrogen-bond acceptors (Lipinski definition) is 4. The van der Waals surface area contributed by atoms with Crippen LogP contribution in [0.25, 0.3) is 0 Å². The number of amides is 1. The van der Waals surface area contributed by atoms with Gasteiger partial charge < -0.3 is 5.32 Å². The number of nitrogens with one attached hydrogen (secondary N) is 1. The molecule has 156 valence electrons. The lowest BCUT2D eigenvalue weighted by atomic mass is 9.97. The van der Waals surface area contributed by atoms with E-state index in [1.807, 2.05) is 6.07 Å². The van der Waals surface area contributed by atoms with Crippen molar-refractivity contribution in [1.82, 2.24) is 14.6 Å². The Bertz CT molecular complexity index is 957. The maximum atomic E-state index is 13.2. The number of carbonyl (C=O) groups is 1. The molecule has 2 aromatic rings. The third-order valence-electron chi connectivity index (χ3n) is 4.82. The molecule has 29 heavy (non-hydrogen) atoms. The average Bonchev–Trinajstić information content (AvgIpc) is 2.72. The predicted molar refractivity (Wildman–Crippen MR) is 99.0 cm³/mol. The standard InChI is InChI=1S/C19H20F3N3O3S/c20-19(21,22)16-5-1-2-6-17(16)29(27,28)25-10-7-15(8-11-25)18(26)24-13-14-4-3-9-23-12-14/h1-6,9,12,15H,7-8,10-11,13H2,(H,24,26). The lowest BCUT2D eigenvalue weighted by molar-refractivity contribution is -0.139. The van der Waals surface area contributed by atoms with E-state index in [0.29, 0.717) is 6.54 Å². The number of hydrogen-bond donors (Lipinski definition) is 1. The van der Waals surface area contributed by atoms with Crippen molar-refractivity contribution in [2.45, 2.75) is 30.5 Å². The summed E-state index contributed by atoms with van der Waals surface area (Å²) in [5.74, 6) is -0.599. The summed E-state index contributed by atoms with van der Waals surface area (Å²) in [6.45, 7) is 0.281. The van der Waals surface area contributed by atoms with Crippen LogP contribution < -0.4 is 5.32 Å². The minimum Gasteiger partial charge on any atom is -0.352 e. The molecule has 1 aliphatic rings. The fraction of sp³-hybridized carbons (Fsp3) is 0.368. The van der Waals surface area contributed by atoms with E-state index in [4.69, 9.17) is 0 Å². The lowest BCUT2D eigenvalue weighted by Crippen LogP contribution is -2.43. The van der Waals surface area contributed by atoms with Crippen molar-refractivity contribution in [2.75, 3.05) is 13.1 Å². The van der Waals surface area contributed by atoms with E-state index in [2.05, 4.69) is 10.3 Å². The van der Waals surface area contributed by atoms with Gasteiger partial charge in [-0.1, -0.05) is 18.2 Å². The smallest absolute Gasteiger partial charge is 0.352 e. The van der Waals surface area contributed by atoms with Crippen LogP contribution in [0.1, 0.15) is 24.0 Å². The van der Waals surface area contributed by atoms with Crippen LogP contribution in [-0.2, 0) is 27.5 Å². The highest BCUT2D eigenvalue weighted by molar-refractivity contribution is 7.89. The molecule has 6 nitrogen and oxygen atoms in total. The maximum absolute atomic E-state index is 13.2. The second-order valence-electron chi connectivity index (χ2n) is 6.75. The van der Waals surface area contributed by atoms with Crippen molar-refractivity contribution < 1.29 is 26.4 Å². The van der Waals surface area contributed by atoms with Gasteiger partial charge in [0, 0.05) is 37.9 Å². The van der Waals surface area contributed by atoms with E-state index in [0.717, 1.165) is 28.1 Å². The quantitative estimate of drug-likeness (QED) is 0.796. The van der Waals surface area contributed by atoms with Crippen molar-refractivity contribution in [3.8, 4) is 0 Å². The fourth-order valence-electron chi connectivity index (χ4n) is 3.26. The summed E-state index contributed by atoms with van der Waals surface area (Å²) in [6, 6.07) is 7.71. The van der Waals surface area contributed by atoms with Crippen molar-refractivity contribution >= 4 is 15.9 Å². The topological polar surface area (TPSA) is 79.4 Å². The minimum absolute atomic E-state index is 0.0144. The highest BCUT2D eigenvalue weighted by Crippen LogP contribution is 2.36. The van der Waals surface area contributed by atoms with Gasteiger partial charge in [-0.3, -0.25) is 9.78 Å². The summed E-state index contributed by atoms with van der Waals surface area (Å²) in [7, 11) is -4.31.